The summed E-state index contributed by atoms with van der Waals surface area (Å²) >= 11 is 1.32. The Morgan fingerprint density at radius 1 is 1.10 bits per heavy atom. The van der Waals surface area contributed by atoms with Crippen molar-refractivity contribution in [3.05, 3.63) is 59.7 Å². The van der Waals surface area contributed by atoms with Crippen LogP contribution >= 0.6 is 11.3 Å². The summed E-state index contributed by atoms with van der Waals surface area (Å²) in [5.41, 5.74) is 3.98. The lowest BCUT2D eigenvalue weighted by Gasteiger charge is -2.24. The van der Waals surface area contributed by atoms with Gasteiger partial charge in [-0.3, -0.25) is 10.1 Å². The molecule has 0 bridgehead atoms. The first-order valence-corrected chi connectivity index (χ1v) is 11.2. The van der Waals surface area contributed by atoms with Crippen molar-refractivity contribution in [1.29, 1.82) is 0 Å². The highest BCUT2D eigenvalue weighted by molar-refractivity contribution is 7.18. The third-order valence-electron chi connectivity index (χ3n) is 5.41. The Hall–Kier alpha value is -3.26. The van der Waals surface area contributed by atoms with E-state index < -0.39 is 6.04 Å². The summed E-state index contributed by atoms with van der Waals surface area (Å²) in [6, 6.07) is 14.9. The fourth-order valence-corrected chi connectivity index (χ4v) is 4.45. The molecule has 31 heavy (non-hydrogen) atoms. The lowest BCUT2D eigenvalue weighted by atomic mass is 10.1. The average molecular weight is 436 g/mol. The van der Waals surface area contributed by atoms with Gasteiger partial charge in [-0.05, 0) is 37.8 Å². The quantitative estimate of drug-likeness (QED) is 0.608. The first kappa shape index (κ1) is 21.0. The SMILES string of the molecule is CCc1ccccc1NC(=O)N1CCCC1C(=O)Nc1nnc(-c2ccc(C)cc2)s1. The molecule has 7 nitrogen and oxygen atoms in total. The number of amides is 3. The number of anilines is 2. The van der Waals surface area contributed by atoms with Gasteiger partial charge in [-0.15, -0.1) is 10.2 Å². The summed E-state index contributed by atoms with van der Waals surface area (Å²) in [5.74, 6) is -0.233. The molecule has 2 aromatic carbocycles. The molecule has 160 valence electrons. The number of benzene rings is 2. The molecule has 4 rings (SSSR count). The second-order valence-corrected chi connectivity index (χ2v) is 8.54. The molecule has 0 saturated carbocycles. The maximum absolute atomic E-state index is 12.9. The Kier molecular flexibility index (Phi) is 6.27. The molecular formula is C23H25N5O2S. The van der Waals surface area contributed by atoms with Crippen LogP contribution in [-0.2, 0) is 11.2 Å². The smallest absolute Gasteiger partial charge is 0.312 e. The van der Waals surface area contributed by atoms with Crippen LogP contribution in [0.1, 0.15) is 30.9 Å². The normalized spacial score (nSPS) is 15.7. The van der Waals surface area contributed by atoms with Crippen molar-refractivity contribution in [2.45, 2.75) is 39.2 Å². The van der Waals surface area contributed by atoms with Crippen LogP contribution in [0.5, 0.6) is 0 Å². The molecule has 0 radical (unpaired) electrons. The zero-order valence-corrected chi connectivity index (χ0v) is 18.4. The Bertz CT molecular complexity index is 1080. The van der Waals surface area contributed by atoms with Crippen molar-refractivity contribution in [2.75, 3.05) is 17.2 Å². The van der Waals surface area contributed by atoms with Gasteiger partial charge >= 0.3 is 6.03 Å². The number of hydrogen-bond donors (Lipinski definition) is 2. The van der Waals surface area contributed by atoms with E-state index in [1.165, 1.54) is 16.9 Å². The summed E-state index contributed by atoms with van der Waals surface area (Å²) in [4.78, 5) is 27.4. The van der Waals surface area contributed by atoms with Crippen LogP contribution in [0.4, 0.5) is 15.6 Å². The van der Waals surface area contributed by atoms with E-state index in [1.54, 1.807) is 4.90 Å². The number of nitrogens with zero attached hydrogens (tertiary/aromatic N) is 3. The van der Waals surface area contributed by atoms with Gasteiger partial charge in [0.25, 0.3) is 0 Å². The fraction of sp³-hybridized carbons (Fsp3) is 0.304. The number of carbonyl (C=O) groups excluding carboxylic acids is 2. The molecule has 1 aliphatic heterocycles. The molecular weight excluding hydrogens is 410 g/mol. The molecule has 2 N–H and O–H groups in total. The van der Waals surface area contributed by atoms with Crippen LogP contribution < -0.4 is 10.6 Å². The number of hydrogen-bond acceptors (Lipinski definition) is 5. The van der Waals surface area contributed by atoms with Crippen molar-refractivity contribution < 1.29 is 9.59 Å². The van der Waals surface area contributed by atoms with E-state index in [0.29, 0.717) is 18.1 Å². The third kappa shape index (κ3) is 4.74. The predicted molar refractivity (Wildman–Crippen MR) is 123 cm³/mol. The van der Waals surface area contributed by atoms with Crippen LogP contribution in [0.15, 0.2) is 48.5 Å². The molecule has 1 aromatic heterocycles. The molecule has 8 heteroatoms. The van der Waals surface area contributed by atoms with Crippen LogP contribution in [0, 0.1) is 6.92 Å². The van der Waals surface area contributed by atoms with Crippen molar-refractivity contribution in [3.63, 3.8) is 0 Å². The molecule has 1 atom stereocenters. The maximum Gasteiger partial charge on any atom is 0.322 e. The highest BCUT2D eigenvalue weighted by atomic mass is 32.1. The second kappa shape index (κ2) is 9.26. The Labute approximate surface area is 185 Å². The van der Waals surface area contributed by atoms with Crippen molar-refractivity contribution in [1.82, 2.24) is 15.1 Å². The van der Waals surface area contributed by atoms with Gasteiger partial charge in [0.1, 0.15) is 11.0 Å². The number of carbonyl (C=O) groups is 2. The van der Waals surface area contributed by atoms with E-state index in [9.17, 15) is 9.59 Å². The second-order valence-electron chi connectivity index (χ2n) is 7.56. The summed E-state index contributed by atoms with van der Waals surface area (Å²) < 4.78 is 0. The number of likely N-dealkylation sites (tertiary alicyclic amines) is 1. The highest BCUT2D eigenvalue weighted by Gasteiger charge is 2.34. The van der Waals surface area contributed by atoms with Gasteiger partial charge in [-0.1, -0.05) is 66.3 Å². The van der Waals surface area contributed by atoms with E-state index >= 15 is 0 Å². The van der Waals surface area contributed by atoms with Gasteiger partial charge in [0, 0.05) is 17.8 Å². The van der Waals surface area contributed by atoms with Crippen molar-refractivity contribution >= 4 is 34.1 Å². The Morgan fingerprint density at radius 2 is 1.87 bits per heavy atom. The largest absolute Gasteiger partial charge is 0.322 e. The lowest BCUT2D eigenvalue weighted by molar-refractivity contribution is -0.119. The first-order valence-electron chi connectivity index (χ1n) is 10.4. The Morgan fingerprint density at radius 3 is 2.65 bits per heavy atom. The average Bonchev–Trinajstić information content (AvgIpc) is 3.44. The number of nitrogens with one attached hydrogen (secondary N) is 2. The molecule has 3 aromatic rings. The first-order chi connectivity index (χ1) is 15.0. The molecule has 1 unspecified atom stereocenters. The molecule has 3 amide bonds. The van der Waals surface area contributed by atoms with Gasteiger partial charge in [-0.2, -0.15) is 0 Å². The van der Waals surface area contributed by atoms with E-state index in [4.69, 9.17) is 0 Å². The number of para-hydroxylation sites is 1. The molecule has 1 aliphatic rings. The molecule has 1 saturated heterocycles. The summed E-state index contributed by atoms with van der Waals surface area (Å²) in [5, 5.41) is 15.3. The van der Waals surface area contributed by atoms with Crippen LogP contribution in [0.25, 0.3) is 10.6 Å². The summed E-state index contributed by atoms with van der Waals surface area (Å²) in [6.45, 7) is 4.62. The van der Waals surface area contributed by atoms with E-state index in [0.717, 1.165) is 34.7 Å². The van der Waals surface area contributed by atoms with Crippen molar-refractivity contribution in [2.24, 2.45) is 0 Å². The standard InChI is InChI=1S/C23H25N5O2S/c1-3-16-7-4-5-8-18(16)24-23(30)28-14-6-9-19(28)20(29)25-22-27-26-21(31-22)17-12-10-15(2)11-13-17/h4-5,7-8,10-13,19H,3,6,9,14H2,1-2H3,(H,24,30)(H,25,27,29). The molecule has 1 fully saturated rings. The van der Waals surface area contributed by atoms with Gasteiger partial charge < -0.3 is 10.2 Å². The van der Waals surface area contributed by atoms with Crippen LogP contribution in [-0.4, -0.2) is 39.6 Å². The van der Waals surface area contributed by atoms with Gasteiger partial charge in [0.15, 0.2) is 0 Å². The zero-order chi connectivity index (χ0) is 21.8. The topological polar surface area (TPSA) is 87.2 Å². The van der Waals surface area contributed by atoms with Gasteiger partial charge in [0.2, 0.25) is 11.0 Å². The third-order valence-corrected chi connectivity index (χ3v) is 6.30. The number of rotatable bonds is 5. The van der Waals surface area contributed by atoms with Gasteiger partial charge in [0.05, 0.1) is 0 Å². The van der Waals surface area contributed by atoms with Crippen LogP contribution in [0.2, 0.25) is 0 Å². The molecule has 0 spiro atoms. The minimum Gasteiger partial charge on any atom is -0.312 e. The number of aromatic nitrogens is 2. The maximum atomic E-state index is 12.9. The highest BCUT2D eigenvalue weighted by Crippen LogP contribution is 2.28. The summed E-state index contributed by atoms with van der Waals surface area (Å²) in [7, 11) is 0. The minimum atomic E-state index is -0.527. The number of urea groups is 1. The van der Waals surface area contributed by atoms with Crippen molar-refractivity contribution in [3.8, 4) is 10.6 Å². The fourth-order valence-electron chi connectivity index (χ4n) is 3.70. The van der Waals surface area contributed by atoms with Crippen LogP contribution in [0.3, 0.4) is 0 Å². The van der Waals surface area contributed by atoms with E-state index in [-0.39, 0.29) is 11.9 Å². The molecule has 0 aliphatic carbocycles. The van der Waals surface area contributed by atoms with E-state index in [2.05, 4.69) is 20.8 Å². The summed E-state index contributed by atoms with van der Waals surface area (Å²) in [6.07, 6.45) is 2.23. The molecule has 2 heterocycles. The number of aryl methyl sites for hydroxylation is 2. The lowest BCUT2D eigenvalue weighted by Crippen LogP contribution is -2.45. The van der Waals surface area contributed by atoms with Gasteiger partial charge in [-0.25, -0.2) is 4.79 Å². The predicted octanol–water partition coefficient (Wildman–Crippen LogP) is 4.71. The Balaban J connectivity index is 1.42. The zero-order valence-electron chi connectivity index (χ0n) is 17.6. The van der Waals surface area contributed by atoms with E-state index in [1.807, 2.05) is 62.4 Å². The monoisotopic (exact) mass is 435 g/mol. The minimum absolute atomic E-state index is 0.233.